The monoisotopic (exact) mass is 234 g/mol. The van der Waals surface area contributed by atoms with Gasteiger partial charge in [0.15, 0.2) is 0 Å². The molecule has 0 unspecified atom stereocenters. The molecule has 0 atom stereocenters. The first kappa shape index (κ1) is 10.8. The van der Waals surface area contributed by atoms with Crippen molar-refractivity contribution in [2.24, 2.45) is 0 Å². The number of halogens is 1. The molecule has 2 N–H and O–H groups in total. The highest BCUT2D eigenvalue weighted by molar-refractivity contribution is 6.33. The Bertz CT molecular complexity index is 518. The number of hydrogen-bond donors (Lipinski definition) is 2. The molecule has 0 spiro atoms. The Balaban J connectivity index is 2.63. The molecule has 0 saturated carbocycles. The van der Waals surface area contributed by atoms with E-state index in [1.807, 2.05) is 6.92 Å². The molecular weight excluding hydrogens is 224 g/mol. The summed E-state index contributed by atoms with van der Waals surface area (Å²) in [5.41, 5.74) is 2.40. The van der Waals surface area contributed by atoms with Gasteiger partial charge in [-0.15, -0.1) is 0 Å². The average molecular weight is 235 g/mol. The van der Waals surface area contributed by atoms with Gasteiger partial charge in [0.05, 0.1) is 0 Å². The molecule has 0 aromatic heterocycles. The highest BCUT2D eigenvalue weighted by atomic mass is 35.5. The lowest BCUT2D eigenvalue weighted by Crippen LogP contribution is -1.85. The standard InChI is InChI=1S/C13H11ClO2/c1-8-12(16)7-6-11(14)13(8)9-2-4-10(15)5-3-9/h2-7,15-16H,1H3. The molecule has 0 aliphatic heterocycles. The lowest BCUT2D eigenvalue weighted by Gasteiger charge is -2.10. The first-order chi connectivity index (χ1) is 7.59. The van der Waals surface area contributed by atoms with Gasteiger partial charge >= 0.3 is 0 Å². The summed E-state index contributed by atoms with van der Waals surface area (Å²) in [6.07, 6.45) is 0. The summed E-state index contributed by atoms with van der Waals surface area (Å²) in [4.78, 5) is 0. The second-order valence-corrected chi connectivity index (χ2v) is 4.02. The van der Waals surface area contributed by atoms with Crippen LogP contribution in [0.15, 0.2) is 36.4 Å². The van der Waals surface area contributed by atoms with Gasteiger partial charge in [-0.2, -0.15) is 0 Å². The van der Waals surface area contributed by atoms with Crippen molar-refractivity contribution in [3.05, 3.63) is 47.0 Å². The minimum absolute atomic E-state index is 0.206. The van der Waals surface area contributed by atoms with Gasteiger partial charge in [0.25, 0.3) is 0 Å². The maximum atomic E-state index is 9.63. The molecular formula is C13H11ClO2. The van der Waals surface area contributed by atoms with E-state index in [0.717, 1.165) is 16.7 Å². The van der Waals surface area contributed by atoms with Crippen LogP contribution in [0.2, 0.25) is 5.02 Å². The van der Waals surface area contributed by atoms with Crippen molar-refractivity contribution in [3.8, 4) is 22.6 Å². The summed E-state index contributed by atoms with van der Waals surface area (Å²) in [6.45, 7) is 1.81. The van der Waals surface area contributed by atoms with Crippen LogP contribution >= 0.6 is 11.6 Å². The Morgan fingerprint density at radius 1 is 0.938 bits per heavy atom. The predicted octanol–water partition coefficient (Wildman–Crippen LogP) is 3.73. The lowest BCUT2D eigenvalue weighted by molar-refractivity contribution is 0.471. The van der Waals surface area contributed by atoms with E-state index >= 15 is 0 Å². The molecule has 2 aromatic rings. The van der Waals surface area contributed by atoms with E-state index in [-0.39, 0.29) is 11.5 Å². The summed E-state index contributed by atoms with van der Waals surface area (Å²) >= 11 is 6.10. The van der Waals surface area contributed by atoms with E-state index in [1.54, 1.807) is 36.4 Å². The van der Waals surface area contributed by atoms with Gasteiger partial charge in [-0.3, -0.25) is 0 Å². The van der Waals surface area contributed by atoms with Crippen LogP contribution in [-0.4, -0.2) is 10.2 Å². The lowest BCUT2D eigenvalue weighted by atomic mass is 10.00. The predicted molar refractivity (Wildman–Crippen MR) is 65.0 cm³/mol. The molecule has 0 heterocycles. The molecule has 2 rings (SSSR count). The van der Waals surface area contributed by atoms with Crippen molar-refractivity contribution in [1.82, 2.24) is 0 Å². The van der Waals surface area contributed by atoms with Crippen LogP contribution < -0.4 is 0 Å². The van der Waals surface area contributed by atoms with Crippen LogP contribution in [0.5, 0.6) is 11.5 Å². The van der Waals surface area contributed by atoms with Crippen molar-refractivity contribution >= 4 is 11.6 Å². The van der Waals surface area contributed by atoms with Gasteiger partial charge in [-0.1, -0.05) is 23.7 Å². The quantitative estimate of drug-likeness (QED) is 0.789. The molecule has 0 radical (unpaired) electrons. The Morgan fingerprint density at radius 2 is 1.56 bits per heavy atom. The van der Waals surface area contributed by atoms with Crippen LogP contribution in [-0.2, 0) is 0 Å². The Labute approximate surface area is 98.7 Å². The van der Waals surface area contributed by atoms with Gasteiger partial charge in [0.1, 0.15) is 11.5 Å². The molecule has 0 aliphatic carbocycles. The number of benzene rings is 2. The van der Waals surface area contributed by atoms with Crippen molar-refractivity contribution < 1.29 is 10.2 Å². The minimum Gasteiger partial charge on any atom is -0.508 e. The third kappa shape index (κ3) is 1.84. The fraction of sp³-hybridized carbons (Fsp3) is 0.0769. The van der Waals surface area contributed by atoms with Crippen molar-refractivity contribution in [1.29, 1.82) is 0 Å². The number of aromatic hydroxyl groups is 2. The Kier molecular flexibility index (Phi) is 2.75. The molecule has 16 heavy (non-hydrogen) atoms. The summed E-state index contributed by atoms with van der Waals surface area (Å²) < 4.78 is 0. The van der Waals surface area contributed by atoms with E-state index in [2.05, 4.69) is 0 Å². The molecule has 0 amide bonds. The van der Waals surface area contributed by atoms with E-state index in [1.165, 1.54) is 0 Å². The first-order valence-corrected chi connectivity index (χ1v) is 5.25. The molecule has 3 heteroatoms. The molecule has 0 fully saturated rings. The van der Waals surface area contributed by atoms with Crippen LogP contribution in [0.4, 0.5) is 0 Å². The average Bonchev–Trinajstić information content (AvgIpc) is 2.27. The van der Waals surface area contributed by atoms with E-state index in [4.69, 9.17) is 11.6 Å². The number of rotatable bonds is 1. The van der Waals surface area contributed by atoms with Crippen molar-refractivity contribution in [2.45, 2.75) is 6.92 Å². The zero-order valence-corrected chi connectivity index (χ0v) is 9.49. The Morgan fingerprint density at radius 3 is 2.19 bits per heavy atom. The topological polar surface area (TPSA) is 40.5 Å². The Hall–Kier alpha value is -1.67. The zero-order valence-electron chi connectivity index (χ0n) is 8.74. The van der Waals surface area contributed by atoms with E-state index < -0.39 is 0 Å². The first-order valence-electron chi connectivity index (χ1n) is 4.87. The second kappa shape index (κ2) is 4.06. The van der Waals surface area contributed by atoms with Gasteiger partial charge < -0.3 is 10.2 Å². The van der Waals surface area contributed by atoms with Crippen LogP contribution in [0.1, 0.15) is 5.56 Å². The fourth-order valence-electron chi connectivity index (χ4n) is 1.65. The normalized spacial score (nSPS) is 10.4. The third-order valence-corrected chi connectivity index (χ3v) is 2.86. The maximum absolute atomic E-state index is 9.63. The highest BCUT2D eigenvalue weighted by Gasteiger charge is 2.10. The summed E-state index contributed by atoms with van der Waals surface area (Å²) in [5.74, 6) is 0.421. The molecule has 2 aromatic carbocycles. The molecule has 2 nitrogen and oxygen atoms in total. The summed E-state index contributed by atoms with van der Waals surface area (Å²) in [6, 6.07) is 9.95. The summed E-state index contributed by atoms with van der Waals surface area (Å²) in [7, 11) is 0. The van der Waals surface area contributed by atoms with Gasteiger partial charge in [0, 0.05) is 16.1 Å². The largest absolute Gasteiger partial charge is 0.508 e. The maximum Gasteiger partial charge on any atom is 0.119 e. The van der Waals surface area contributed by atoms with Crippen LogP contribution in [0.25, 0.3) is 11.1 Å². The highest BCUT2D eigenvalue weighted by Crippen LogP contribution is 2.36. The number of phenolic OH excluding ortho intramolecular Hbond substituents is 2. The van der Waals surface area contributed by atoms with Crippen molar-refractivity contribution in [2.75, 3.05) is 0 Å². The van der Waals surface area contributed by atoms with Crippen LogP contribution in [0.3, 0.4) is 0 Å². The van der Waals surface area contributed by atoms with Gasteiger partial charge in [-0.25, -0.2) is 0 Å². The number of hydrogen-bond acceptors (Lipinski definition) is 2. The third-order valence-electron chi connectivity index (χ3n) is 2.54. The van der Waals surface area contributed by atoms with E-state index in [9.17, 15) is 10.2 Å². The number of phenols is 2. The van der Waals surface area contributed by atoms with Crippen molar-refractivity contribution in [3.63, 3.8) is 0 Å². The molecule has 0 aliphatic rings. The SMILES string of the molecule is Cc1c(O)ccc(Cl)c1-c1ccc(O)cc1. The zero-order chi connectivity index (χ0) is 11.7. The van der Waals surface area contributed by atoms with E-state index in [0.29, 0.717) is 5.02 Å². The molecule has 0 bridgehead atoms. The minimum atomic E-state index is 0.206. The fourth-order valence-corrected chi connectivity index (χ4v) is 1.96. The summed E-state index contributed by atoms with van der Waals surface area (Å²) in [5, 5.41) is 19.4. The molecule has 82 valence electrons. The molecule has 0 saturated heterocycles. The second-order valence-electron chi connectivity index (χ2n) is 3.61. The van der Waals surface area contributed by atoms with Gasteiger partial charge in [-0.05, 0) is 36.8 Å². The van der Waals surface area contributed by atoms with Gasteiger partial charge in [0.2, 0.25) is 0 Å². The van der Waals surface area contributed by atoms with Crippen LogP contribution in [0, 0.1) is 6.92 Å². The smallest absolute Gasteiger partial charge is 0.119 e.